The van der Waals surface area contributed by atoms with E-state index in [1.54, 1.807) is 16.5 Å². The first-order chi connectivity index (χ1) is 11.5. The first-order valence-electron chi connectivity index (χ1n) is 8.51. The van der Waals surface area contributed by atoms with Gasteiger partial charge in [-0.15, -0.1) is 5.10 Å². The van der Waals surface area contributed by atoms with Crippen LogP contribution in [0.1, 0.15) is 57.9 Å². The van der Waals surface area contributed by atoms with Crippen molar-refractivity contribution in [3.05, 3.63) is 10.5 Å². The van der Waals surface area contributed by atoms with E-state index in [9.17, 15) is 14.9 Å². The average molecular weight is 349 g/mol. The van der Waals surface area contributed by atoms with Crippen LogP contribution in [-0.4, -0.2) is 43.4 Å². The molecule has 7 nitrogen and oxygen atoms in total. The summed E-state index contributed by atoms with van der Waals surface area (Å²) in [7, 11) is 1.73. The van der Waals surface area contributed by atoms with Crippen LogP contribution >= 0.6 is 11.8 Å². The molecule has 8 heteroatoms. The summed E-state index contributed by atoms with van der Waals surface area (Å²) in [6.07, 6.45) is 6.51. The summed E-state index contributed by atoms with van der Waals surface area (Å²) in [6.45, 7) is 1.81. The van der Waals surface area contributed by atoms with Crippen LogP contribution < -0.4 is 5.69 Å². The maximum absolute atomic E-state index is 12.8. The minimum atomic E-state index is -0.689. The molecule has 1 N–H and O–H groups in total. The van der Waals surface area contributed by atoms with Crippen molar-refractivity contribution in [2.45, 2.75) is 73.9 Å². The van der Waals surface area contributed by atoms with E-state index in [1.165, 1.54) is 11.8 Å². The van der Waals surface area contributed by atoms with Gasteiger partial charge < -0.3 is 4.90 Å². The van der Waals surface area contributed by atoms with Gasteiger partial charge in [-0.1, -0.05) is 31.0 Å². The standard InChI is InChI=1S/C16H23N5O2S/c1-11(24-15-19-18-14(23)21(15)12-6-7-12)13(22)20(2)16(10-17)8-4-3-5-9-16/h11-12H,3-9H2,1-2H3,(H,18,23)/t11-/m0/s1. The lowest BCUT2D eigenvalue weighted by molar-refractivity contribution is -0.133. The number of carbonyl (C=O) groups is 1. The molecule has 1 aromatic rings. The summed E-state index contributed by atoms with van der Waals surface area (Å²) >= 11 is 1.29. The molecule has 2 fully saturated rings. The molecule has 2 saturated carbocycles. The Hall–Kier alpha value is -1.75. The number of hydrogen-bond donors (Lipinski definition) is 1. The van der Waals surface area contributed by atoms with E-state index in [-0.39, 0.29) is 17.6 Å². The molecule has 1 atom stereocenters. The predicted molar refractivity (Wildman–Crippen MR) is 90.6 cm³/mol. The summed E-state index contributed by atoms with van der Waals surface area (Å²) in [4.78, 5) is 26.3. The maximum atomic E-state index is 12.8. The largest absolute Gasteiger partial charge is 0.344 e. The predicted octanol–water partition coefficient (Wildman–Crippen LogP) is 2.07. The Kier molecular flexibility index (Phi) is 4.72. The van der Waals surface area contributed by atoms with Gasteiger partial charge in [-0.05, 0) is 32.6 Å². The topological polar surface area (TPSA) is 94.8 Å². The second-order valence-electron chi connectivity index (χ2n) is 6.77. The number of rotatable bonds is 5. The number of aromatic amines is 1. The Labute approximate surface area is 145 Å². The molecule has 0 saturated heterocycles. The quantitative estimate of drug-likeness (QED) is 0.821. The zero-order valence-electron chi connectivity index (χ0n) is 14.1. The summed E-state index contributed by atoms with van der Waals surface area (Å²) in [5, 5.41) is 16.4. The van der Waals surface area contributed by atoms with E-state index in [1.807, 2.05) is 6.92 Å². The molecule has 0 spiro atoms. The SMILES string of the molecule is C[C@H](Sc1n[nH]c(=O)n1C1CC1)C(=O)N(C)C1(C#N)CCCCC1. The van der Waals surface area contributed by atoms with Crippen molar-refractivity contribution in [3.63, 3.8) is 0 Å². The smallest absolute Gasteiger partial charge is 0.326 e. The number of hydrogen-bond acceptors (Lipinski definition) is 5. The first kappa shape index (κ1) is 17.1. The molecule has 1 amide bonds. The average Bonchev–Trinajstić information content (AvgIpc) is 3.37. The molecule has 1 heterocycles. The van der Waals surface area contributed by atoms with Crippen molar-refractivity contribution in [1.29, 1.82) is 5.26 Å². The summed E-state index contributed by atoms with van der Waals surface area (Å²) in [6, 6.07) is 2.59. The molecular weight excluding hydrogens is 326 g/mol. The van der Waals surface area contributed by atoms with Gasteiger partial charge in [0.1, 0.15) is 5.54 Å². The molecule has 0 bridgehead atoms. The van der Waals surface area contributed by atoms with E-state index in [0.717, 1.165) is 44.9 Å². The molecular formula is C16H23N5O2S. The highest BCUT2D eigenvalue weighted by Gasteiger charge is 2.40. The van der Waals surface area contributed by atoms with Gasteiger partial charge >= 0.3 is 5.69 Å². The van der Waals surface area contributed by atoms with Crippen LogP contribution in [0.25, 0.3) is 0 Å². The zero-order valence-corrected chi connectivity index (χ0v) is 14.9. The third-order valence-electron chi connectivity index (χ3n) is 5.08. The van der Waals surface area contributed by atoms with Crippen LogP contribution in [0.15, 0.2) is 9.95 Å². The van der Waals surface area contributed by atoms with Crippen molar-refractivity contribution in [3.8, 4) is 6.07 Å². The zero-order chi connectivity index (χ0) is 17.3. The highest BCUT2D eigenvalue weighted by Crippen LogP contribution is 2.38. The molecule has 0 radical (unpaired) electrons. The number of amides is 1. The molecule has 2 aliphatic carbocycles. The van der Waals surface area contributed by atoms with Crippen LogP contribution in [0, 0.1) is 11.3 Å². The number of H-pyrrole nitrogens is 1. The Morgan fingerprint density at radius 2 is 2.12 bits per heavy atom. The lowest BCUT2D eigenvalue weighted by Gasteiger charge is -2.40. The second-order valence-corrected chi connectivity index (χ2v) is 8.08. The third kappa shape index (κ3) is 3.09. The van der Waals surface area contributed by atoms with Crippen LogP contribution in [0.2, 0.25) is 0 Å². The van der Waals surface area contributed by atoms with Crippen molar-refractivity contribution >= 4 is 17.7 Å². The third-order valence-corrected chi connectivity index (χ3v) is 6.13. The van der Waals surface area contributed by atoms with Gasteiger partial charge in [-0.25, -0.2) is 9.89 Å². The van der Waals surface area contributed by atoms with Crippen LogP contribution in [0.5, 0.6) is 0 Å². The van der Waals surface area contributed by atoms with Crippen LogP contribution in [0.4, 0.5) is 0 Å². The Bertz CT molecular complexity index is 709. The van der Waals surface area contributed by atoms with Crippen LogP contribution in [0.3, 0.4) is 0 Å². The van der Waals surface area contributed by atoms with Crippen LogP contribution in [-0.2, 0) is 4.79 Å². The van der Waals surface area contributed by atoms with Gasteiger partial charge in [0.05, 0.1) is 11.3 Å². The van der Waals surface area contributed by atoms with E-state index < -0.39 is 10.8 Å². The lowest BCUT2D eigenvalue weighted by Crippen LogP contribution is -2.52. The summed E-state index contributed by atoms with van der Waals surface area (Å²) < 4.78 is 1.65. The number of nitrogens with one attached hydrogen (secondary N) is 1. The van der Waals surface area contributed by atoms with Gasteiger partial charge in [0.2, 0.25) is 5.91 Å². The molecule has 0 unspecified atom stereocenters. The second kappa shape index (κ2) is 6.63. The van der Waals surface area contributed by atoms with E-state index in [4.69, 9.17) is 0 Å². The number of thioether (sulfide) groups is 1. The summed E-state index contributed by atoms with van der Waals surface area (Å²) in [5.41, 5.74) is -0.903. The molecule has 24 heavy (non-hydrogen) atoms. The fourth-order valence-corrected chi connectivity index (χ4v) is 4.40. The number of nitrogens with zero attached hydrogens (tertiary/aromatic N) is 4. The van der Waals surface area contributed by atoms with Gasteiger partial charge in [0.15, 0.2) is 5.16 Å². The highest BCUT2D eigenvalue weighted by molar-refractivity contribution is 8.00. The minimum Gasteiger partial charge on any atom is -0.326 e. The van der Waals surface area contributed by atoms with Gasteiger partial charge in [-0.2, -0.15) is 5.26 Å². The lowest BCUT2D eigenvalue weighted by atomic mass is 9.81. The van der Waals surface area contributed by atoms with E-state index in [2.05, 4.69) is 16.3 Å². The molecule has 130 valence electrons. The number of carbonyl (C=O) groups excluding carboxylic acids is 1. The molecule has 1 aromatic heterocycles. The Morgan fingerprint density at radius 1 is 1.46 bits per heavy atom. The first-order valence-corrected chi connectivity index (χ1v) is 9.39. The number of aromatic nitrogens is 3. The van der Waals surface area contributed by atoms with E-state index in [0.29, 0.717) is 5.16 Å². The van der Waals surface area contributed by atoms with Crippen molar-refractivity contribution in [2.75, 3.05) is 7.05 Å². The molecule has 2 aliphatic rings. The number of nitriles is 1. The van der Waals surface area contributed by atoms with E-state index >= 15 is 0 Å². The normalized spacial score (nSPS) is 21.0. The monoisotopic (exact) mass is 349 g/mol. The molecule has 0 aliphatic heterocycles. The summed E-state index contributed by atoms with van der Waals surface area (Å²) in [5.74, 6) is -0.0822. The maximum Gasteiger partial charge on any atom is 0.344 e. The highest BCUT2D eigenvalue weighted by atomic mass is 32.2. The van der Waals surface area contributed by atoms with Gasteiger partial charge in [0, 0.05) is 13.1 Å². The molecule has 0 aromatic carbocycles. The molecule has 3 rings (SSSR count). The minimum absolute atomic E-state index is 0.0822. The van der Waals surface area contributed by atoms with Crippen molar-refractivity contribution < 1.29 is 4.79 Å². The fraction of sp³-hybridized carbons (Fsp3) is 0.750. The van der Waals surface area contributed by atoms with Gasteiger partial charge in [-0.3, -0.25) is 9.36 Å². The van der Waals surface area contributed by atoms with Crippen molar-refractivity contribution in [1.82, 2.24) is 19.7 Å². The van der Waals surface area contributed by atoms with Crippen molar-refractivity contribution in [2.24, 2.45) is 0 Å². The Morgan fingerprint density at radius 3 is 2.71 bits per heavy atom. The van der Waals surface area contributed by atoms with Gasteiger partial charge in [0.25, 0.3) is 0 Å². The fourth-order valence-electron chi connectivity index (χ4n) is 3.38. The Balaban J connectivity index is 1.73.